The maximum absolute atomic E-state index is 12.4. The van der Waals surface area contributed by atoms with Crippen molar-refractivity contribution in [1.29, 1.82) is 0 Å². The van der Waals surface area contributed by atoms with Gasteiger partial charge in [-0.05, 0) is 24.7 Å². The van der Waals surface area contributed by atoms with Gasteiger partial charge in [-0.1, -0.05) is 32.6 Å². The van der Waals surface area contributed by atoms with Crippen LogP contribution in [0, 0.1) is 5.41 Å². The van der Waals surface area contributed by atoms with E-state index in [0.29, 0.717) is 19.4 Å². The molecule has 1 heterocycles. The van der Waals surface area contributed by atoms with Crippen molar-refractivity contribution in [3.05, 3.63) is 0 Å². The lowest BCUT2D eigenvalue weighted by Gasteiger charge is -2.40. The van der Waals surface area contributed by atoms with Crippen LogP contribution in [0.2, 0.25) is 0 Å². The van der Waals surface area contributed by atoms with Gasteiger partial charge in [-0.15, -0.1) is 0 Å². The number of piperidine rings is 1. The number of unbranched alkanes of at least 4 members (excludes halogenated alkanes) is 1. The molecule has 0 bridgehead atoms. The number of imide groups is 1. The molecular weight excluding hydrogens is 240 g/mol. The molecule has 1 unspecified atom stereocenters. The van der Waals surface area contributed by atoms with E-state index in [-0.39, 0.29) is 23.3 Å². The predicted molar refractivity (Wildman–Crippen MR) is 74.4 cm³/mol. The van der Waals surface area contributed by atoms with Crippen LogP contribution in [-0.4, -0.2) is 29.3 Å². The Morgan fingerprint density at radius 1 is 1.21 bits per heavy atom. The molecule has 1 saturated heterocycles. The molecule has 2 aliphatic rings. The molecule has 4 heteroatoms. The van der Waals surface area contributed by atoms with E-state index in [1.54, 1.807) is 0 Å². The van der Waals surface area contributed by atoms with E-state index in [1.807, 2.05) is 0 Å². The van der Waals surface area contributed by atoms with Gasteiger partial charge in [-0.3, -0.25) is 14.5 Å². The fraction of sp³-hybridized carbons (Fsp3) is 0.867. The molecule has 1 aliphatic carbocycles. The minimum atomic E-state index is -0.0845. The van der Waals surface area contributed by atoms with Crippen LogP contribution in [-0.2, 0) is 9.59 Å². The Labute approximate surface area is 115 Å². The fourth-order valence-electron chi connectivity index (χ4n) is 3.69. The van der Waals surface area contributed by atoms with Crippen LogP contribution in [0.25, 0.3) is 0 Å². The third-order valence-electron chi connectivity index (χ3n) is 4.78. The van der Waals surface area contributed by atoms with E-state index in [0.717, 1.165) is 44.9 Å². The van der Waals surface area contributed by atoms with Gasteiger partial charge in [0, 0.05) is 19.4 Å². The number of nitrogens with zero attached hydrogens (tertiary/aromatic N) is 1. The second-order valence-electron chi connectivity index (χ2n) is 6.25. The smallest absolute Gasteiger partial charge is 0.230 e. The maximum Gasteiger partial charge on any atom is 0.230 e. The molecule has 0 aromatic carbocycles. The highest BCUT2D eigenvalue weighted by atomic mass is 16.2. The van der Waals surface area contributed by atoms with Gasteiger partial charge in [0.05, 0.1) is 6.04 Å². The Kier molecular flexibility index (Phi) is 4.61. The summed E-state index contributed by atoms with van der Waals surface area (Å²) in [5.41, 5.74) is 5.76. The van der Waals surface area contributed by atoms with Crippen molar-refractivity contribution in [1.82, 2.24) is 4.90 Å². The van der Waals surface area contributed by atoms with Crippen LogP contribution in [0.4, 0.5) is 0 Å². The Balaban J connectivity index is 2.06. The van der Waals surface area contributed by atoms with Crippen molar-refractivity contribution >= 4 is 11.8 Å². The third-order valence-corrected chi connectivity index (χ3v) is 4.78. The van der Waals surface area contributed by atoms with Crippen LogP contribution in [0.15, 0.2) is 0 Å². The molecule has 0 aromatic heterocycles. The van der Waals surface area contributed by atoms with Gasteiger partial charge in [0.2, 0.25) is 11.8 Å². The molecule has 0 radical (unpaired) electrons. The SMILES string of the molecule is CCCCC(CN)N1C(=O)CC2(CCCC2)CC1=O. The summed E-state index contributed by atoms with van der Waals surface area (Å²) < 4.78 is 0. The summed E-state index contributed by atoms with van der Waals surface area (Å²) in [5.74, 6) is 0.0365. The van der Waals surface area contributed by atoms with Crippen LogP contribution in [0.5, 0.6) is 0 Å². The average molecular weight is 266 g/mol. The molecule has 2 amide bonds. The third kappa shape index (κ3) is 2.99. The first kappa shape index (κ1) is 14.5. The predicted octanol–water partition coefficient (Wildman–Crippen LogP) is 2.21. The largest absolute Gasteiger partial charge is 0.328 e. The van der Waals surface area contributed by atoms with Gasteiger partial charge >= 0.3 is 0 Å². The number of hydrogen-bond donors (Lipinski definition) is 1. The maximum atomic E-state index is 12.4. The summed E-state index contributed by atoms with van der Waals surface area (Å²) in [6, 6.07) is -0.0845. The second kappa shape index (κ2) is 6.04. The van der Waals surface area contributed by atoms with E-state index in [4.69, 9.17) is 5.73 Å². The fourth-order valence-corrected chi connectivity index (χ4v) is 3.69. The Morgan fingerprint density at radius 2 is 1.79 bits per heavy atom. The molecule has 4 nitrogen and oxygen atoms in total. The molecule has 2 N–H and O–H groups in total. The Morgan fingerprint density at radius 3 is 2.26 bits per heavy atom. The van der Waals surface area contributed by atoms with Crippen LogP contribution >= 0.6 is 0 Å². The first-order valence-electron chi connectivity index (χ1n) is 7.67. The lowest BCUT2D eigenvalue weighted by atomic mass is 9.76. The molecule has 1 aliphatic heterocycles. The Hall–Kier alpha value is -0.900. The zero-order valence-electron chi connectivity index (χ0n) is 12.0. The van der Waals surface area contributed by atoms with Crippen molar-refractivity contribution < 1.29 is 9.59 Å². The van der Waals surface area contributed by atoms with Crippen molar-refractivity contribution in [3.8, 4) is 0 Å². The minimum absolute atomic E-state index is 0.00539. The molecule has 1 atom stereocenters. The molecule has 108 valence electrons. The van der Waals surface area contributed by atoms with E-state index < -0.39 is 0 Å². The van der Waals surface area contributed by atoms with E-state index >= 15 is 0 Å². The topological polar surface area (TPSA) is 63.4 Å². The molecular formula is C15H26N2O2. The van der Waals surface area contributed by atoms with Gasteiger partial charge in [0.25, 0.3) is 0 Å². The molecule has 2 fully saturated rings. The van der Waals surface area contributed by atoms with Gasteiger partial charge in [-0.25, -0.2) is 0 Å². The van der Waals surface area contributed by atoms with E-state index in [2.05, 4.69) is 6.92 Å². The molecule has 0 aromatic rings. The molecule has 2 rings (SSSR count). The zero-order chi connectivity index (χ0) is 13.9. The summed E-state index contributed by atoms with van der Waals surface area (Å²) in [6.45, 7) is 2.51. The van der Waals surface area contributed by atoms with Crippen molar-refractivity contribution in [3.63, 3.8) is 0 Å². The van der Waals surface area contributed by atoms with Gasteiger partial charge in [0.1, 0.15) is 0 Å². The Bertz CT molecular complexity index is 328. The summed E-state index contributed by atoms with van der Waals surface area (Å²) in [6.07, 6.45) is 8.45. The minimum Gasteiger partial charge on any atom is -0.328 e. The van der Waals surface area contributed by atoms with Crippen molar-refractivity contribution in [2.75, 3.05) is 6.54 Å². The number of hydrogen-bond acceptors (Lipinski definition) is 3. The average Bonchev–Trinajstić information content (AvgIpc) is 2.80. The van der Waals surface area contributed by atoms with Gasteiger partial charge in [0.15, 0.2) is 0 Å². The first-order valence-corrected chi connectivity index (χ1v) is 7.67. The van der Waals surface area contributed by atoms with E-state index in [1.165, 1.54) is 4.90 Å². The number of rotatable bonds is 5. The molecule has 1 spiro atoms. The quantitative estimate of drug-likeness (QED) is 0.776. The first-order chi connectivity index (χ1) is 9.12. The van der Waals surface area contributed by atoms with E-state index in [9.17, 15) is 9.59 Å². The summed E-state index contributed by atoms with van der Waals surface area (Å²) in [7, 11) is 0. The zero-order valence-corrected chi connectivity index (χ0v) is 12.0. The molecule has 1 saturated carbocycles. The second-order valence-corrected chi connectivity index (χ2v) is 6.25. The highest BCUT2D eigenvalue weighted by Gasteiger charge is 2.46. The number of amides is 2. The highest BCUT2D eigenvalue weighted by molar-refractivity contribution is 5.99. The summed E-state index contributed by atoms with van der Waals surface area (Å²) >= 11 is 0. The van der Waals surface area contributed by atoms with Gasteiger partial charge < -0.3 is 5.73 Å². The molecule has 19 heavy (non-hydrogen) atoms. The van der Waals surface area contributed by atoms with Gasteiger partial charge in [-0.2, -0.15) is 0 Å². The van der Waals surface area contributed by atoms with Crippen molar-refractivity contribution in [2.45, 2.75) is 70.8 Å². The standard InChI is InChI=1S/C15H26N2O2/c1-2-3-6-12(11-16)17-13(18)9-15(10-14(17)19)7-4-5-8-15/h12H,2-11,16H2,1H3. The van der Waals surface area contributed by atoms with Crippen LogP contribution in [0.3, 0.4) is 0 Å². The highest BCUT2D eigenvalue weighted by Crippen LogP contribution is 2.47. The normalized spacial score (nSPS) is 24.2. The monoisotopic (exact) mass is 266 g/mol. The number of likely N-dealkylation sites (tertiary alicyclic amines) is 1. The van der Waals surface area contributed by atoms with Crippen molar-refractivity contribution in [2.24, 2.45) is 11.1 Å². The van der Waals surface area contributed by atoms with Crippen LogP contribution in [0.1, 0.15) is 64.7 Å². The number of carbonyl (C=O) groups excluding carboxylic acids is 2. The number of nitrogens with two attached hydrogens (primary N) is 1. The summed E-state index contributed by atoms with van der Waals surface area (Å²) in [4.78, 5) is 26.2. The summed E-state index contributed by atoms with van der Waals surface area (Å²) in [5, 5.41) is 0. The number of carbonyl (C=O) groups is 2. The lowest BCUT2D eigenvalue weighted by Crippen LogP contribution is -2.54. The van der Waals surface area contributed by atoms with Crippen LogP contribution < -0.4 is 5.73 Å². The lowest BCUT2D eigenvalue weighted by molar-refractivity contribution is -0.156.